The van der Waals surface area contributed by atoms with Gasteiger partial charge in [-0.1, -0.05) is 381 Å². The van der Waals surface area contributed by atoms with Crippen LogP contribution >= 0.6 is 15.6 Å². The highest BCUT2D eigenvalue weighted by molar-refractivity contribution is 7.47. The number of phosphoric acid groups is 2. The zero-order chi connectivity index (χ0) is 73.4. The average Bonchev–Trinajstić information content (AvgIpc) is 0.936. The van der Waals surface area contributed by atoms with E-state index < -0.39 is 97.5 Å². The van der Waals surface area contributed by atoms with E-state index in [9.17, 15) is 43.2 Å². The van der Waals surface area contributed by atoms with Crippen LogP contribution in [0, 0.1) is 5.92 Å². The van der Waals surface area contributed by atoms with E-state index in [-0.39, 0.29) is 25.7 Å². The molecule has 0 rings (SSSR count). The summed E-state index contributed by atoms with van der Waals surface area (Å²) in [5, 5.41) is 10.6. The van der Waals surface area contributed by atoms with E-state index >= 15 is 0 Å². The van der Waals surface area contributed by atoms with Crippen LogP contribution in [0.3, 0.4) is 0 Å². The van der Waals surface area contributed by atoms with E-state index in [1.54, 1.807) is 0 Å². The Hall–Kier alpha value is -1.94. The van der Waals surface area contributed by atoms with Crippen molar-refractivity contribution in [3.05, 3.63) is 0 Å². The fourth-order valence-electron chi connectivity index (χ4n) is 12.6. The third-order valence-corrected chi connectivity index (χ3v) is 20.9. The molecule has 0 radical (unpaired) electrons. The zero-order valence-electron chi connectivity index (χ0n) is 65.3. The van der Waals surface area contributed by atoms with Crippen molar-refractivity contribution in [2.24, 2.45) is 5.92 Å². The van der Waals surface area contributed by atoms with Crippen LogP contribution < -0.4 is 0 Å². The van der Waals surface area contributed by atoms with E-state index in [2.05, 4.69) is 34.6 Å². The molecule has 594 valence electrons. The van der Waals surface area contributed by atoms with E-state index in [0.717, 1.165) is 95.8 Å². The van der Waals surface area contributed by atoms with Crippen LogP contribution in [0.5, 0.6) is 0 Å². The van der Waals surface area contributed by atoms with E-state index in [0.29, 0.717) is 25.7 Å². The van der Waals surface area contributed by atoms with Gasteiger partial charge in [-0.3, -0.25) is 37.3 Å². The quantitative estimate of drug-likeness (QED) is 0.0222. The van der Waals surface area contributed by atoms with Crippen LogP contribution in [-0.2, 0) is 65.4 Å². The second-order valence-electron chi connectivity index (χ2n) is 29.6. The van der Waals surface area contributed by atoms with Gasteiger partial charge in [0.1, 0.15) is 19.3 Å². The number of aliphatic hydroxyl groups is 1. The Morgan fingerprint density at radius 2 is 0.460 bits per heavy atom. The molecule has 0 aromatic carbocycles. The van der Waals surface area contributed by atoms with Gasteiger partial charge in [-0.25, -0.2) is 9.13 Å². The number of aliphatic hydroxyl groups excluding tert-OH is 1. The summed E-state index contributed by atoms with van der Waals surface area (Å²) in [6.07, 6.45) is 65.2. The summed E-state index contributed by atoms with van der Waals surface area (Å²) in [4.78, 5) is 72.9. The standard InChI is InChI=1S/C81H158O17P2/c1-6-9-12-15-18-21-23-25-26-29-33-37-40-45-50-55-60-65-79(84)92-71-77(98-81(86)67-62-57-52-47-42-38-34-31-28-27-30-32-36-39-44-48-53-58-63-74(4)5)73-96-100(89,90)94-69-75(82)68-93-99(87,88)95-72-76(70-91-78(83)64-59-54-49-43-20-17-14-11-8-3)97-80(85)66-61-56-51-46-41-35-24-22-19-16-13-10-7-2/h74-77,82H,6-73H2,1-5H3,(H,87,88)(H,89,90)/t75-,76+,77+/m0/s1. The Labute approximate surface area is 613 Å². The van der Waals surface area contributed by atoms with Crippen molar-refractivity contribution in [2.45, 2.75) is 451 Å². The number of phosphoric ester groups is 2. The highest BCUT2D eigenvalue weighted by Crippen LogP contribution is 2.45. The van der Waals surface area contributed by atoms with Crippen molar-refractivity contribution in [1.82, 2.24) is 0 Å². The molecular formula is C81H158O17P2. The molecule has 2 unspecified atom stereocenters. The summed E-state index contributed by atoms with van der Waals surface area (Å²) in [7, 11) is -9.91. The van der Waals surface area contributed by atoms with Crippen LogP contribution in [0.1, 0.15) is 433 Å². The highest BCUT2D eigenvalue weighted by atomic mass is 31.2. The fraction of sp³-hybridized carbons (Fsp3) is 0.951. The van der Waals surface area contributed by atoms with Gasteiger partial charge in [-0.05, 0) is 31.6 Å². The number of hydrogen-bond donors (Lipinski definition) is 3. The van der Waals surface area contributed by atoms with Crippen molar-refractivity contribution >= 4 is 39.5 Å². The molecule has 3 N–H and O–H groups in total. The van der Waals surface area contributed by atoms with Crippen molar-refractivity contribution in [3.8, 4) is 0 Å². The minimum Gasteiger partial charge on any atom is -0.462 e. The van der Waals surface area contributed by atoms with Crippen LogP contribution in [0.2, 0.25) is 0 Å². The molecule has 0 aromatic heterocycles. The number of carbonyl (C=O) groups is 4. The topological polar surface area (TPSA) is 237 Å². The monoisotopic (exact) mass is 1470 g/mol. The molecular weight excluding hydrogens is 1310 g/mol. The molecule has 0 saturated heterocycles. The molecule has 0 fully saturated rings. The first-order chi connectivity index (χ1) is 48.5. The number of esters is 4. The van der Waals surface area contributed by atoms with Gasteiger partial charge in [0.15, 0.2) is 12.2 Å². The van der Waals surface area contributed by atoms with Gasteiger partial charge < -0.3 is 33.8 Å². The molecule has 0 aromatic rings. The van der Waals surface area contributed by atoms with Crippen molar-refractivity contribution < 1.29 is 80.2 Å². The third kappa shape index (κ3) is 74.3. The predicted octanol–water partition coefficient (Wildman–Crippen LogP) is 24.4. The number of rotatable bonds is 81. The maximum Gasteiger partial charge on any atom is 0.472 e. The first kappa shape index (κ1) is 98.1. The van der Waals surface area contributed by atoms with Crippen LogP contribution in [-0.4, -0.2) is 96.7 Å². The largest absolute Gasteiger partial charge is 0.472 e. The van der Waals surface area contributed by atoms with Crippen molar-refractivity contribution in [1.29, 1.82) is 0 Å². The lowest BCUT2D eigenvalue weighted by Gasteiger charge is -2.21. The molecule has 100 heavy (non-hydrogen) atoms. The molecule has 0 heterocycles. The third-order valence-electron chi connectivity index (χ3n) is 19.0. The average molecular weight is 1470 g/mol. The fourth-order valence-corrected chi connectivity index (χ4v) is 14.2. The summed E-state index contributed by atoms with van der Waals surface area (Å²) >= 11 is 0. The van der Waals surface area contributed by atoms with Crippen molar-refractivity contribution in [3.63, 3.8) is 0 Å². The van der Waals surface area contributed by atoms with Crippen LogP contribution in [0.4, 0.5) is 0 Å². The molecule has 0 amide bonds. The van der Waals surface area contributed by atoms with Crippen LogP contribution in [0.15, 0.2) is 0 Å². The molecule has 5 atom stereocenters. The lowest BCUT2D eigenvalue weighted by Crippen LogP contribution is -2.30. The Bertz CT molecular complexity index is 1910. The highest BCUT2D eigenvalue weighted by Gasteiger charge is 2.30. The Balaban J connectivity index is 5.20. The molecule has 0 bridgehead atoms. The molecule has 0 spiro atoms. The Morgan fingerprint density at radius 1 is 0.270 bits per heavy atom. The normalized spacial score (nSPS) is 13.8. The summed E-state index contributed by atoms with van der Waals surface area (Å²) in [6.45, 7) is 7.35. The summed E-state index contributed by atoms with van der Waals surface area (Å²) in [5.41, 5.74) is 0. The molecule has 17 nitrogen and oxygen atoms in total. The zero-order valence-corrected chi connectivity index (χ0v) is 67.1. The lowest BCUT2D eigenvalue weighted by molar-refractivity contribution is -0.161. The maximum atomic E-state index is 13.1. The maximum absolute atomic E-state index is 13.1. The molecule has 0 aliphatic carbocycles. The van der Waals surface area contributed by atoms with E-state index in [4.69, 9.17) is 37.0 Å². The number of hydrogen-bond acceptors (Lipinski definition) is 15. The molecule has 19 heteroatoms. The van der Waals surface area contributed by atoms with Crippen molar-refractivity contribution in [2.75, 3.05) is 39.6 Å². The van der Waals surface area contributed by atoms with Gasteiger partial charge in [0, 0.05) is 25.7 Å². The van der Waals surface area contributed by atoms with Gasteiger partial charge >= 0.3 is 39.5 Å². The summed E-state index contributed by atoms with van der Waals surface area (Å²) in [6, 6.07) is 0. The molecule has 0 aliphatic heterocycles. The predicted molar refractivity (Wildman–Crippen MR) is 409 cm³/mol. The van der Waals surface area contributed by atoms with E-state index in [1.807, 2.05) is 0 Å². The minimum atomic E-state index is -4.96. The molecule has 0 aliphatic rings. The Kier molecular flexibility index (Phi) is 72.5. The summed E-state index contributed by atoms with van der Waals surface area (Å²) < 4.78 is 68.7. The second kappa shape index (κ2) is 73.9. The van der Waals surface area contributed by atoms with Gasteiger partial charge in [0.25, 0.3) is 0 Å². The first-order valence-electron chi connectivity index (χ1n) is 42.1. The van der Waals surface area contributed by atoms with Gasteiger partial charge in [0.05, 0.1) is 26.4 Å². The Morgan fingerprint density at radius 3 is 0.680 bits per heavy atom. The SMILES string of the molecule is CCCCCCCCCCCCCCCCCCCC(=O)OC[C@H](COP(=O)(O)OC[C@@H](O)COP(=O)(O)OC[C@@H](COC(=O)CCCCCCCCCCC)OC(=O)CCCCCCCCCCCCCCC)OC(=O)CCCCCCCCCCCCCCCCCCCCC(C)C. The van der Waals surface area contributed by atoms with Gasteiger partial charge in [-0.15, -0.1) is 0 Å². The van der Waals surface area contributed by atoms with Gasteiger partial charge in [0.2, 0.25) is 0 Å². The van der Waals surface area contributed by atoms with Crippen LogP contribution in [0.25, 0.3) is 0 Å². The van der Waals surface area contributed by atoms with E-state index in [1.165, 1.54) is 257 Å². The minimum absolute atomic E-state index is 0.108. The molecule has 0 saturated carbocycles. The number of carbonyl (C=O) groups excluding carboxylic acids is 4. The number of unbranched alkanes of at least 4 members (excludes halogenated alkanes) is 53. The second-order valence-corrected chi connectivity index (χ2v) is 32.5. The first-order valence-corrected chi connectivity index (χ1v) is 45.1. The lowest BCUT2D eigenvalue weighted by atomic mass is 10.0. The summed E-state index contributed by atoms with van der Waals surface area (Å²) in [5.74, 6) is -1.29. The number of ether oxygens (including phenoxy) is 4. The smallest absolute Gasteiger partial charge is 0.462 e. The van der Waals surface area contributed by atoms with Gasteiger partial charge in [-0.2, -0.15) is 0 Å².